The fourth-order valence-electron chi connectivity index (χ4n) is 6.99. The average Bonchev–Trinajstić information content (AvgIpc) is 3.37. The fourth-order valence-corrected chi connectivity index (χ4v) is 6.99. The number of halogens is 10. The second-order valence-electron chi connectivity index (χ2n) is 16.8. The Bertz CT molecular complexity index is 2940. The smallest absolute Gasteiger partial charge is 0.453 e. The highest BCUT2D eigenvalue weighted by atomic mass is 19.4. The highest BCUT2D eigenvalue weighted by Gasteiger charge is 2.57. The third kappa shape index (κ3) is 16.2. The van der Waals surface area contributed by atoms with Crippen LogP contribution < -0.4 is 39.9 Å². The molecular formula is C53H48F10N2O12. The van der Waals surface area contributed by atoms with E-state index in [0.717, 1.165) is 12.2 Å². The molecule has 5 rings (SSSR count). The lowest BCUT2D eigenvalue weighted by molar-refractivity contribution is -0.284. The Balaban J connectivity index is 1.18. The molecule has 0 fully saturated rings. The molecule has 24 heteroatoms. The molecule has 5 aromatic carbocycles. The molecule has 1 unspecified atom stereocenters. The summed E-state index contributed by atoms with van der Waals surface area (Å²) in [6.07, 6.45) is -11.8. The molecule has 0 radical (unpaired) electrons. The summed E-state index contributed by atoms with van der Waals surface area (Å²) in [5, 5.41) is 22.8. The van der Waals surface area contributed by atoms with Crippen LogP contribution >= 0.6 is 0 Å². The summed E-state index contributed by atoms with van der Waals surface area (Å²) in [4.78, 5) is 52.8. The number of rotatable bonds is 25. The van der Waals surface area contributed by atoms with Crippen molar-refractivity contribution in [1.29, 1.82) is 0 Å². The average molecular weight is 1090 g/mol. The summed E-state index contributed by atoms with van der Waals surface area (Å²) < 4.78 is 159. The molecular weight excluding hydrogens is 1050 g/mol. The third-order valence-electron chi connectivity index (χ3n) is 11.2. The Kier molecular flexibility index (Phi) is 19.5. The Morgan fingerprint density at radius 1 is 0.558 bits per heavy atom. The maximum atomic E-state index is 13.5. The predicted molar refractivity (Wildman–Crippen MR) is 258 cm³/mol. The molecule has 5 aromatic rings. The number of ketones is 2. The number of nitrogen functional groups attached to an aromatic ring is 2. The molecule has 6 N–H and O–H groups in total. The van der Waals surface area contributed by atoms with Crippen LogP contribution in [0.15, 0.2) is 115 Å². The molecule has 0 aliphatic carbocycles. The van der Waals surface area contributed by atoms with E-state index in [9.17, 15) is 73.3 Å². The van der Waals surface area contributed by atoms with Crippen LogP contribution in [0.5, 0.6) is 34.5 Å². The van der Waals surface area contributed by atoms with Gasteiger partial charge in [-0.05, 0) is 114 Å². The van der Waals surface area contributed by atoms with Gasteiger partial charge in [-0.1, -0.05) is 42.5 Å². The zero-order valence-corrected chi connectivity index (χ0v) is 40.6. The molecule has 0 aliphatic heterocycles. The molecule has 0 heterocycles. The van der Waals surface area contributed by atoms with Gasteiger partial charge in [-0.15, -0.1) is 0 Å². The predicted octanol–water partition coefficient (Wildman–Crippen LogP) is 10.7. The van der Waals surface area contributed by atoms with Crippen molar-refractivity contribution < 1.29 is 102 Å². The van der Waals surface area contributed by atoms with Crippen molar-refractivity contribution in [3.05, 3.63) is 143 Å². The fraction of sp³-hybridized carbons (Fsp3) is 0.283. The molecule has 14 nitrogen and oxygen atoms in total. The number of carbonyl (C=O) groups excluding carboxylic acids is 4. The molecule has 0 saturated carbocycles. The van der Waals surface area contributed by atoms with Crippen LogP contribution in [0.3, 0.4) is 0 Å². The zero-order valence-electron chi connectivity index (χ0n) is 40.6. The largest absolute Gasteiger partial charge is 0.493 e. The number of alkyl halides is 10. The van der Waals surface area contributed by atoms with Crippen LogP contribution in [0, 0.1) is 0 Å². The summed E-state index contributed by atoms with van der Waals surface area (Å²) in [5.41, 5.74) is 12.8. The Hall–Kier alpha value is -8.12. The van der Waals surface area contributed by atoms with E-state index < -0.39 is 105 Å². The number of hydrogen-bond acceptors (Lipinski definition) is 14. The number of nitrogens with two attached hydrogens (primary N) is 2. The van der Waals surface area contributed by atoms with Gasteiger partial charge in [0.25, 0.3) is 0 Å². The lowest BCUT2D eigenvalue weighted by atomic mass is 9.82. The standard InChI is InChI=1S/C53H48F10N2O12/c1-72-44-27-33(11-20-42(44)74-25-3-23-49(54,55)52(58,59)60)47(68)76-37-15-6-31(7-16-37)5-14-36(66)30-40(39-19-13-35(64)29-41(39)65)51(70,71)46(67)22-10-32-8-17-38(18-9-32)77-48(69)34-12-21-43(45(28-34)73-2)75-26-4-24-50(56,57)53(61,62)63/h5-22,27-29,40,70-71H,3-4,23-26,30,64-65H2,1-2H3/b14-5+,22-10+. The maximum Gasteiger partial charge on any atom is 0.453 e. The van der Waals surface area contributed by atoms with Crippen molar-refractivity contribution in [2.24, 2.45) is 0 Å². The van der Waals surface area contributed by atoms with Gasteiger partial charge in [0.1, 0.15) is 11.5 Å². The van der Waals surface area contributed by atoms with Gasteiger partial charge in [-0.2, -0.15) is 43.9 Å². The van der Waals surface area contributed by atoms with E-state index in [2.05, 4.69) is 0 Å². The number of aliphatic hydroxyl groups is 2. The molecule has 0 aliphatic rings. The maximum absolute atomic E-state index is 13.5. The Labute approximate surface area is 432 Å². The number of carbonyl (C=O) groups is 4. The van der Waals surface area contributed by atoms with E-state index in [1.165, 1.54) is 129 Å². The van der Waals surface area contributed by atoms with E-state index in [1.807, 2.05) is 0 Å². The van der Waals surface area contributed by atoms with Gasteiger partial charge in [0.05, 0.1) is 44.5 Å². The summed E-state index contributed by atoms with van der Waals surface area (Å²) in [6.45, 7) is -1.02. The highest BCUT2D eigenvalue weighted by Crippen LogP contribution is 2.41. The number of ether oxygens (including phenoxy) is 6. The summed E-state index contributed by atoms with van der Waals surface area (Å²) in [6, 6.07) is 22.6. The van der Waals surface area contributed by atoms with Crippen molar-refractivity contribution in [2.75, 3.05) is 38.9 Å². The Morgan fingerprint density at radius 3 is 1.39 bits per heavy atom. The van der Waals surface area contributed by atoms with Crippen LogP contribution in [0.4, 0.5) is 55.3 Å². The lowest BCUT2D eigenvalue weighted by Gasteiger charge is -2.30. The van der Waals surface area contributed by atoms with Crippen LogP contribution in [0.1, 0.15) is 75.4 Å². The Morgan fingerprint density at radius 2 is 0.987 bits per heavy atom. The lowest BCUT2D eigenvalue weighted by Crippen LogP contribution is -2.44. The van der Waals surface area contributed by atoms with E-state index in [1.54, 1.807) is 0 Å². The first-order valence-electron chi connectivity index (χ1n) is 22.7. The number of hydrogen-bond donors (Lipinski definition) is 4. The van der Waals surface area contributed by atoms with Crippen LogP contribution in [0.25, 0.3) is 12.2 Å². The normalized spacial score (nSPS) is 12.8. The van der Waals surface area contributed by atoms with Crippen LogP contribution in [-0.2, 0) is 9.59 Å². The van der Waals surface area contributed by atoms with Gasteiger partial charge < -0.3 is 50.1 Å². The number of benzene rings is 5. The van der Waals surface area contributed by atoms with Crippen molar-refractivity contribution in [3.63, 3.8) is 0 Å². The number of esters is 2. The van der Waals surface area contributed by atoms with Crippen LogP contribution in [-0.4, -0.2) is 91.1 Å². The molecule has 0 aromatic heterocycles. The second kappa shape index (κ2) is 25.1. The van der Waals surface area contributed by atoms with Gasteiger partial charge in [0, 0.05) is 30.6 Å². The monoisotopic (exact) mass is 1090 g/mol. The minimum absolute atomic E-state index is 0.00372. The first-order chi connectivity index (χ1) is 36.0. The first-order valence-corrected chi connectivity index (χ1v) is 22.7. The zero-order chi connectivity index (χ0) is 56.9. The number of methoxy groups -OCH3 is 2. The van der Waals surface area contributed by atoms with Crippen molar-refractivity contribution in [2.45, 2.75) is 68.0 Å². The van der Waals surface area contributed by atoms with Crippen molar-refractivity contribution in [1.82, 2.24) is 0 Å². The topological polar surface area (TPSA) is 216 Å². The molecule has 412 valence electrons. The highest BCUT2D eigenvalue weighted by molar-refractivity contribution is 6.01. The summed E-state index contributed by atoms with van der Waals surface area (Å²) >= 11 is 0. The summed E-state index contributed by atoms with van der Waals surface area (Å²) in [7, 11) is 2.42. The molecule has 1 atom stereocenters. The first kappa shape index (κ1) is 59.8. The number of allylic oxidation sites excluding steroid dienone is 1. The number of anilines is 2. The van der Waals surface area contributed by atoms with Gasteiger partial charge in [0.15, 0.2) is 28.8 Å². The van der Waals surface area contributed by atoms with Crippen molar-refractivity contribution in [3.8, 4) is 34.5 Å². The SMILES string of the molecule is COc1cc(C(=O)Oc2ccc(/C=C/C(=O)CC(c3ccc(N)cc3N)C(O)(O)C(=O)/C=C/c3ccc(OC(=O)c4ccc(OCCCC(F)(F)C(F)(F)F)c(OC)c4)cc3)cc2)ccc1OCCCC(F)(F)C(F)(F)F. The molecule has 0 spiro atoms. The molecule has 0 amide bonds. The van der Waals surface area contributed by atoms with Gasteiger partial charge in [-0.25, -0.2) is 9.59 Å². The molecule has 0 saturated heterocycles. The minimum atomic E-state index is -5.70. The van der Waals surface area contributed by atoms with Crippen molar-refractivity contribution >= 4 is 47.0 Å². The molecule has 77 heavy (non-hydrogen) atoms. The minimum Gasteiger partial charge on any atom is -0.493 e. The quantitative estimate of drug-likeness (QED) is 0.00814. The summed E-state index contributed by atoms with van der Waals surface area (Å²) in [5.74, 6) is -18.4. The second-order valence-corrected chi connectivity index (χ2v) is 16.8. The van der Waals surface area contributed by atoms with E-state index >= 15 is 0 Å². The van der Waals surface area contributed by atoms with E-state index in [-0.39, 0.29) is 62.6 Å². The van der Waals surface area contributed by atoms with E-state index in [0.29, 0.717) is 11.1 Å². The van der Waals surface area contributed by atoms with Gasteiger partial charge in [-0.3, -0.25) is 9.59 Å². The van der Waals surface area contributed by atoms with Gasteiger partial charge in [0.2, 0.25) is 11.6 Å². The van der Waals surface area contributed by atoms with Gasteiger partial charge >= 0.3 is 36.1 Å². The third-order valence-corrected chi connectivity index (χ3v) is 11.2. The van der Waals surface area contributed by atoms with E-state index in [4.69, 9.17) is 39.9 Å². The van der Waals surface area contributed by atoms with Crippen LogP contribution in [0.2, 0.25) is 0 Å². The molecule has 0 bridgehead atoms.